The maximum Gasteiger partial charge on any atom is 0.187 e. The van der Waals surface area contributed by atoms with Gasteiger partial charge in [-0.15, -0.1) is 0 Å². The second-order valence-electron chi connectivity index (χ2n) is 5.20. The van der Waals surface area contributed by atoms with Gasteiger partial charge in [0.1, 0.15) is 6.33 Å². The van der Waals surface area contributed by atoms with Crippen molar-refractivity contribution < 1.29 is 8.60 Å². The van der Waals surface area contributed by atoms with E-state index < -0.39 is 10.8 Å². The first-order valence-electron chi connectivity index (χ1n) is 6.84. The Kier molecular flexibility index (Phi) is 3.52. The van der Waals surface area contributed by atoms with Crippen LogP contribution in [0.15, 0.2) is 6.33 Å². The lowest BCUT2D eigenvalue weighted by Gasteiger charge is -2.25. The monoisotopic (exact) mass is 283 g/mol. The Hall–Kier alpha value is -1.04. The SMILES string of the molecule is CCc1ncnc(N2CCC3CCC(C2)S3=O)c1F. The highest BCUT2D eigenvalue weighted by molar-refractivity contribution is 7.86. The summed E-state index contributed by atoms with van der Waals surface area (Å²) in [6, 6.07) is 0. The predicted molar refractivity (Wildman–Crippen MR) is 73.2 cm³/mol. The first-order chi connectivity index (χ1) is 9.20. The van der Waals surface area contributed by atoms with E-state index in [0.717, 1.165) is 25.8 Å². The van der Waals surface area contributed by atoms with E-state index in [1.807, 2.05) is 11.8 Å². The van der Waals surface area contributed by atoms with E-state index >= 15 is 0 Å². The van der Waals surface area contributed by atoms with Gasteiger partial charge in [0.05, 0.1) is 10.9 Å². The van der Waals surface area contributed by atoms with Crippen molar-refractivity contribution in [3.63, 3.8) is 0 Å². The van der Waals surface area contributed by atoms with Crippen molar-refractivity contribution in [1.29, 1.82) is 0 Å². The molecule has 0 amide bonds. The molecule has 19 heavy (non-hydrogen) atoms. The van der Waals surface area contributed by atoms with Gasteiger partial charge < -0.3 is 4.90 Å². The predicted octanol–water partition coefficient (Wildman–Crippen LogP) is 1.67. The van der Waals surface area contributed by atoms with Gasteiger partial charge in [0.2, 0.25) is 0 Å². The number of hydrogen-bond donors (Lipinski definition) is 0. The molecule has 0 radical (unpaired) electrons. The number of aromatic nitrogens is 2. The summed E-state index contributed by atoms with van der Waals surface area (Å²) in [4.78, 5) is 10.0. The van der Waals surface area contributed by atoms with E-state index in [1.54, 1.807) is 0 Å². The standard InChI is InChI=1S/C13H18FN3OS/c1-2-11-12(14)13(16-8-15-11)17-6-5-9-3-4-10(7-17)19(9)18/h8-10H,2-7H2,1H3. The molecule has 1 aromatic heterocycles. The lowest BCUT2D eigenvalue weighted by atomic mass is 10.1. The molecule has 0 aromatic carbocycles. The number of rotatable bonds is 2. The van der Waals surface area contributed by atoms with Crippen LogP contribution in [0.4, 0.5) is 10.2 Å². The van der Waals surface area contributed by atoms with Crippen LogP contribution in [0.2, 0.25) is 0 Å². The van der Waals surface area contributed by atoms with E-state index in [0.29, 0.717) is 29.7 Å². The second-order valence-corrected chi connectivity index (χ2v) is 7.19. The van der Waals surface area contributed by atoms with Crippen molar-refractivity contribution in [3.8, 4) is 0 Å². The van der Waals surface area contributed by atoms with Crippen molar-refractivity contribution in [3.05, 3.63) is 17.8 Å². The highest BCUT2D eigenvalue weighted by Gasteiger charge is 2.37. The number of hydrogen-bond acceptors (Lipinski definition) is 4. The summed E-state index contributed by atoms with van der Waals surface area (Å²) in [6.45, 7) is 3.28. The van der Waals surface area contributed by atoms with Crippen LogP contribution < -0.4 is 4.90 Å². The fraction of sp³-hybridized carbons (Fsp3) is 0.692. The fourth-order valence-corrected chi connectivity index (χ4v) is 4.94. The van der Waals surface area contributed by atoms with Crippen LogP contribution in [0.5, 0.6) is 0 Å². The molecular weight excluding hydrogens is 265 g/mol. The zero-order chi connectivity index (χ0) is 13.4. The van der Waals surface area contributed by atoms with Gasteiger partial charge in [-0.3, -0.25) is 4.21 Å². The summed E-state index contributed by atoms with van der Waals surface area (Å²) in [6.07, 6.45) is 4.90. The molecule has 0 saturated carbocycles. The van der Waals surface area contributed by atoms with Crippen LogP contribution in [0.1, 0.15) is 31.9 Å². The van der Waals surface area contributed by atoms with E-state index in [4.69, 9.17) is 0 Å². The normalized spacial score (nSPS) is 30.4. The minimum absolute atomic E-state index is 0.173. The summed E-state index contributed by atoms with van der Waals surface area (Å²) >= 11 is 0. The van der Waals surface area contributed by atoms with Crippen molar-refractivity contribution >= 4 is 16.6 Å². The summed E-state index contributed by atoms with van der Waals surface area (Å²) in [5, 5.41) is 0.470. The number of aryl methyl sites for hydroxylation is 1. The molecule has 0 spiro atoms. The number of halogens is 1. The maximum atomic E-state index is 14.3. The number of nitrogens with zero attached hydrogens (tertiary/aromatic N) is 3. The van der Waals surface area contributed by atoms with Gasteiger partial charge in [-0.2, -0.15) is 0 Å². The topological polar surface area (TPSA) is 46.1 Å². The quantitative estimate of drug-likeness (QED) is 0.828. The molecule has 2 fully saturated rings. The highest BCUT2D eigenvalue weighted by Crippen LogP contribution is 2.32. The van der Waals surface area contributed by atoms with Crippen molar-refractivity contribution in [2.24, 2.45) is 0 Å². The maximum absolute atomic E-state index is 14.3. The van der Waals surface area contributed by atoms with E-state index in [1.165, 1.54) is 6.33 Å². The highest BCUT2D eigenvalue weighted by atomic mass is 32.2. The Labute approximate surface area is 114 Å². The van der Waals surface area contributed by atoms with Gasteiger partial charge in [-0.05, 0) is 25.7 Å². The molecule has 0 aliphatic carbocycles. The summed E-state index contributed by atoms with van der Waals surface area (Å²) in [7, 11) is -0.752. The zero-order valence-electron chi connectivity index (χ0n) is 11.0. The molecule has 0 N–H and O–H groups in total. The Bertz CT molecular complexity index is 511. The van der Waals surface area contributed by atoms with E-state index in [-0.39, 0.29) is 11.1 Å². The molecule has 1 aromatic rings. The molecule has 3 heterocycles. The largest absolute Gasteiger partial charge is 0.353 e. The molecule has 4 nitrogen and oxygen atoms in total. The van der Waals surface area contributed by atoms with Gasteiger partial charge in [0.15, 0.2) is 11.6 Å². The summed E-state index contributed by atoms with van der Waals surface area (Å²) in [5.41, 5.74) is 0.459. The van der Waals surface area contributed by atoms with Crippen LogP contribution in [0.3, 0.4) is 0 Å². The van der Waals surface area contributed by atoms with Crippen molar-refractivity contribution in [1.82, 2.24) is 9.97 Å². The van der Waals surface area contributed by atoms with Crippen molar-refractivity contribution in [2.45, 2.75) is 43.1 Å². The second kappa shape index (κ2) is 5.15. The van der Waals surface area contributed by atoms with Crippen LogP contribution in [0.25, 0.3) is 0 Å². The molecule has 6 heteroatoms. The molecule has 3 atom stereocenters. The van der Waals surface area contributed by atoms with Gasteiger partial charge in [0, 0.05) is 29.1 Å². The first-order valence-corrected chi connectivity index (χ1v) is 8.12. The molecular formula is C13H18FN3OS. The van der Waals surface area contributed by atoms with Gasteiger partial charge >= 0.3 is 0 Å². The molecule has 104 valence electrons. The number of fused-ring (bicyclic) bond motifs is 2. The zero-order valence-corrected chi connectivity index (χ0v) is 11.8. The molecule has 2 bridgehead atoms. The van der Waals surface area contributed by atoms with Crippen LogP contribution >= 0.6 is 0 Å². The van der Waals surface area contributed by atoms with E-state index in [2.05, 4.69) is 9.97 Å². The lowest BCUT2D eigenvalue weighted by Crippen LogP contribution is -2.33. The molecule has 3 rings (SSSR count). The number of anilines is 1. The van der Waals surface area contributed by atoms with Crippen LogP contribution in [-0.2, 0) is 17.2 Å². The molecule has 2 saturated heterocycles. The third-order valence-electron chi connectivity index (χ3n) is 4.09. The third kappa shape index (κ3) is 2.26. The molecule has 2 aliphatic rings. The summed E-state index contributed by atoms with van der Waals surface area (Å²) < 4.78 is 26.4. The third-order valence-corrected chi connectivity index (χ3v) is 6.26. The van der Waals surface area contributed by atoms with Crippen molar-refractivity contribution in [2.75, 3.05) is 18.0 Å². The minimum Gasteiger partial charge on any atom is -0.353 e. The summed E-state index contributed by atoms with van der Waals surface area (Å²) in [5.74, 6) is 0.0740. The van der Waals surface area contributed by atoms with Gasteiger partial charge in [-0.25, -0.2) is 14.4 Å². The first kappa shape index (κ1) is 13.0. The fourth-order valence-electron chi connectivity index (χ4n) is 2.99. The molecule has 3 unspecified atom stereocenters. The Balaban J connectivity index is 1.89. The van der Waals surface area contributed by atoms with Gasteiger partial charge in [-0.1, -0.05) is 6.92 Å². The Morgan fingerprint density at radius 1 is 1.37 bits per heavy atom. The van der Waals surface area contributed by atoms with Crippen LogP contribution in [0, 0.1) is 5.82 Å². The minimum atomic E-state index is -0.752. The Morgan fingerprint density at radius 2 is 2.16 bits per heavy atom. The lowest BCUT2D eigenvalue weighted by molar-refractivity contribution is 0.562. The van der Waals surface area contributed by atoms with Crippen LogP contribution in [-0.4, -0.2) is 37.8 Å². The molecule has 2 aliphatic heterocycles. The average molecular weight is 283 g/mol. The average Bonchev–Trinajstić information content (AvgIpc) is 2.64. The van der Waals surface area contributed by atoms with Gasteiger partial charge in [0.25, 0.3) is 0 Å². The Morgan fingerprint density at radius 3 is 2.95 bits per heavy atom. The van der Waals surface area contributed by atoms with E-state index in [9.17, 15) is 8.60 Å². The smallest absolute Gasteiger partial charge is 0.187 e.